The Balaban J connectivity index is 1.62. The Morgan fingerprint density at radius 2 is 1.81 bits per heavy atom. The Labute approximate surface area is 152 Å². The zero-order chi connectivity index (χ0) is 18.7. The first-order valence-corrected chi connectivity index (χ1v) is 8.75. The van der Waals surface area contributed by atoms with Gasteiger partial charge in [0.25, 0.3) is 5.56 Å². The van der Waals surface area contributed by atoms with Crippen LogP contribution in [0, 0.1) is 20.8 Å². The van der Waals surface area contributed by atoms with Gasteiger partial charge in [0.15, 0.2) is 0 Å². The Morgan fingerprint density at radius 3 is 2.54 bits per heavy atom. The third-order valence-electron chi connectivity index (χ3n) is 4.55. The number of carbonyl (C=O) groups is 1. The van der Waals surface area contributed by atoms with Gasteiger partial charge in [-0.2, -0.15) is 0 Å². The van der Waals surface area contributed by atoms with Gasteiger partial charge in [-0.15, -0.1) is 0 Å². The summed E-state index contributed by atoms with van der Waals surface area (Å²) in [5.41, 5.74) is 5.23. The number of nitrogens with one attached hydrogen (secondary N) is 2. The van der Waals surface area contributed by atoms with Crippen LogP contribution in [-0.2, 0) is 17.8 Å². The predicted molar refractivity (Wildman–Crippen MR) is 103 cm³/mol. The topological polar surface area (TPSA) is 74.8 Å². The van der Waals surface area contributed by atoms with Gasteiger partial charge in [-0.05, 0) is 49.6 Å². The largest absolute Gasteiger partial charge is 0.352 e. The number of fused-ring (bicyclic) bond motifs is 1. The lowest BCUT2D eigenvalue weighted by Crippen LogP contribution is -2.24. The van der Waals surface area contributed by atoms with Crippen molar-refractivity contribution >= 4 is 16.8 Å². The molecule has 1 heterocycles. The molecule has 0 bridgehead atoms. The molecule has 0 saturated carbocycles. The minimum atomic E-state index is -0.170. The van der Waals surface area contributed by atoms with Crippen molar-refractivity contribution in [2.24, 2.45) is 0 Å². The molecule has 5 nitrogen and oxygen atoms in total. The van der Waals surface area contributed by atoms with Crippen LogP contribution in [0.5, 0.6) is 0 Å². The maximum Gasteiger partial charge on any atom is 0.258 e. The first-order chi connectivity index (χ1) is 12.4. The highest BCUT2D eigenvalue weighted by Gasteiger charge is 2.09. The number of rotatable bonds is 5. The lowest BCUT2D eigenvalue weighted by atomic mass is 10.00. The van der Waals surface area contributed by atoms with E-state index in [1.807, 2.05) is 6.07 Å². The molecular formula is C21H23N3O2. The average molecular weight is 349 g/mol. The van der Waals surface area contributed by atoms with Gasteiger partial charge in [-0.25, -0.2) is 4.98 Å². The number of amides is 1. The van der Waals surface area contributed by atoms with E-state index in [1.54, 1.807) is 18.2 Å². The first kappa shape index (κ1) is 17.9. The highest BCUT2D eigenvalue weighted by molar-refractivity contribution is 5.78. The van der Waals surface area contributed by atoms with E-state index in [4.69, 9.17) is 0 Å². The number of benzene rings is 2. The highest BCUT2D eigenvalue weighted by Crippen LogP contribution is 2.16. The Morgan fingerprint density at radius 1 is 1.12 bits per heavy atom. The third-order valence-corrected chi connectivity index (χ3v) is 4.55. The van der Waals surface area contributed by atoms with Gasteiger partial charge < -0.3 is 10.3 Å². The van der Waals surface area contributed by atoms with Crippen molar-refractivity contribution in [1.29, 1.82) is 0 Å². The lowest BCUT2D eigenvalue weighted by molar-refractivity contribution is -0.121. The molecule has 0 unspecified atom stereocenters. The zero-order valence-corrected chi connectivity index (χ0v) is 15.3. The number of hydrogen-bond acceptors (Lipinski definition) is 3. The maximum atomic E-state index is 12.2. The van der Waals surface area contributed by atoms with Gasteiger partial charge in [0, 0.05) is 19.4 Å². The molecule has 2 aromatic carbocycles. The lowest BCUT2D eigenvalue weighted by Gasteiger charge is -2.12. The molecule has 5 heteroatoms. The Bertz CT molecular complexity index is 998. The smallest absolute Gasteiger partial charge is 0.258 e. The van der Waals surface area contributed by atoms with Crippen LogP contribution < -0.4 is 10.9 Å². The van der Waals surface area contributed by atoms with Crippen molar-refractivity contribution in [1.82, 2.24) is 15.3 Å². The number of para-hydroxylation sites is 1. The van der Waals surface area contributed by atoms with Crippen molar-refractivity contribution in [2.45, 2.75) is 40.2 Å². The van der Waals surface area contributed by atoms with Gasteiger partial charge in [0.1, 0.15) is 5.82 Å². The molecule has 134 valence electrons. The average Bonchev–Trinajstić information content (AvgIpc) is 2.59. The Hall–Kier alpha value is -2.95. The molecule has 1 aromatic heterocycles. The molecule has 0 saturated heterocycles. The summed E-state index contributed by atoms with van der Waals surface area (Å²) in [4.78, 5) is 31.4. The van der Waals surface area contributed by atoms with Crippen LogP contribution >= 0.6 is 0 Å². The summed E-state index contributed by atoms with van der Waals surface area (Å²) in [5.74, 6) is 0.478. The van der Waals surface area contributed by atoms with Crippen molar-refractivity contribution in [3.8, 4) is 0 Å². The van der Waals surface area contributed by atoms with Gasteiger partial charge in [0.2, 0.25) is 5.91 Å². The van der Waals surface area contributed by atoms with Gasteiger partial charge in [-0.3, -0.25) is 9.59 Å². The van der Waals surface area contributed by atoms with Crippen LogP contribution in [0.4, 0.5) is 0 Å². The van der Waals surface area contributed by atoms with E-state index < -0.39 is 0 Å². The fraction of sp³-hybridized carbons (Fsp3) is 0.286. The van der Waals surface area contributed by atoms with E-state index in [9.17, 15) is 9.59 Å². The second kappa shape index (κ2) is 7.52. The SMILES string of the molecule is Cc1cc(C)c(CNC(=O)CCc2nc3ccccc3c(=O)[nH]2)c(C)c1. The summed E-state index contributed by atoms with van der Waals surface area (Å²) in [6.45, 7) is 6.70. The fourth-order valence-electron chi connectivity index (χ4n) is 3.25. The standard InChI is InChI=1S/C21H23N3O2/c1-13-10-14(2)17(15(3)11-13)12-22-20(25)9-8-19-23-18-7-5-4-6-16(18)21(26)24-19/h4-7,10-11H,8-9,12H2,1-3H3,(H,22,25)(H,23,24,26). The summed E-state index contributed by atoms with van der Waals surface area (Å²) in [6.07, 6.45) is 0.684. The van der Waals surface area contributed by atoms with E-state index >= 15 is 0 Å². The van der Waals surface area contributed by atoms with Gasteiger partial charge >= 0.3 is 0 Å². The molecule has 0 spiro atoms. The number of aromatic amines is 1. The van der Waals surface area contributed by atoms with Crippen molar-refractivity contribution in [3.05, 3.63) is 74.8 Å². The monoisotopic (exact) mass is 349 g/mol. The molecule has 2 N–H and O–H groups in total. The molecule has 1 amide bonds. The number of hydrogen-bond donors (Lipinski definition) is 2. The molecule has 0 aliphatic carbocycles. The summed E-state index contributed by atoms with van der Waals surface area (Å²) >= 11 is 0. The summed E-state index contributed by atoms with van der Waals surface area (Å²) in [5, 5.41) is 3.52. The van der Waals surface area contributed by atoms with Crippen molar-refractivity contribution in [2.75, 3.05) is 0 Å². The van der Waals surface area contributed by atoms with E-state index in [0.29, 0.717) is 29.7 Å². The molecule has 0 atom stereocenters. The van der Waals surface area contributed by atoms with Crippen LogP contribution in [0.3, 0.4) is 0 Å². The number of carbonyl (C=O) groups excluding carboxylic acids is 1. The third kappa shape index (κ3) is 3.99. The number of aryl methyl sites for hydroxylation is 4. The number of aromatic nitrogens is 2. The van der Waals surface area contributed by atoms with Crippen LogP contribution in [0.1, 0.15) is 34.5 Å². The van der Waals surface area contributed by atoms with Gasteiger partial charge in [0.05, 0.1) is 10.9 Å². The first-order valence-electron chi connectivity index (χ1n) is 8.75. The van der Waals surface area contributed by atoms with Gasteiger partial charge in [-0.1, -0.05) is 29.8 Å². The molecule has 0 radical (unpaired) electrons. The number of H-pyrrole nitrogens is 1. The van der Waals surface area contributed by atoms with E-state index in [-0.39, 0.29) is 17.9 Å². The highest BCUT2D eigenvalue weighted by atomic mass is 16.1. The molecule has 26 heavy (non-hydrogen) atoms. The second-order valence-corrected chi connectivity index (χ2v) is 6.68. The minimum absolute atomic E-state index is 0.0554. The summed E-state index contributed by atoms with van der Waals surface area (Å²) in [6, 6.07) is 11.4. The minimum Gasteiger partial charge on any atom is -0.352 e. The van der Waals surface area contributed by atoms with Crippen LogP contribution in [0.25, 0.3) is 10.9 Å². The quantitative estimate of drug-likeness (QED) is 0.743. The molecule has 3 aromatic rings. The van der Waals surface area contributed by atoms with Crippen LogP contribution in [0.15, 0.2) is 41.2 Å². The summed E-state index contributed by atoms with van der Waals surface area (Å²) < 4.78 is 0. The van der Waals surface area contributed by atoms with Crippen LogP contribution in [0.2, 0.25) is 0 Å². The molecule has 0 aliphatic rings. The number of nitrogens with zero attached hydrogens (tertiary/aromatic N) is 1. The zero-order valence-electron chi connectivity index (χ0n) is 15.3. The van der Waals surface area contributed by atoms with Crippen LogP contribution in [-0.4, -0.2) is 15.9 Å². The van der Waals surface area contributed by atoms with Crippen molar-refractivity contribution < 1.29 is 4.79 Å². The normalized spacial score (nSPS) is 10.9. The predicted octanol–water partition coefficient (Wildman–Crippen LogP) is 3.10. The maximum absolute atomic E-state index is 12.2. The van der Waals surface area contributed by atoms with Crippen molar-refractivity contribution in [3.63, 3.8) is 0 Å². The molecule has 0 fully saturated rings. The van der Waals surface area contributed by atoms with E-state index in [2.05, 4.69) is 48.2 Å². The molecule has 0 aliphatic heterocycles. The summed E-state index contributed by atoms with van der Waals surface area (Å²) in [7, 11) is 0. The second-order valence-electron chi connectivity index (χ2n) is 6.68. The Kier molecular flexibility index (Phi) is 5.16. The van der Waals surface area contributed by atoms with E-state index in [1.165, 1.54) is 16.7 Å². The van der Waals surface area contributed by atoms with E-state index in [0.717, 1.165) is 5.56 Å². The fourth-order valence-corrected chi connectivity index (χ4v) is 3.25. The molecular weight excluding hydrogens is 326 g/mol. The molecule has 3 rings (SSSR count).